The maximum atomic E-state index is 12.2. The zero-order valence-electron chi connectivity index (χ0n) is 17.1. The van der Waals surface area contributed by atoms with Gasteiger partial charge in [-0.25, -0.2) is 0 Å². The molecule has 10 nitrogen and oxygen atoms in total. The summed E-state index contributed by atoms with van der Waals surface area (Å²) in [6, 6.07) is 11.5. The zero-order chi connectivity index (χ0) is 22.2. The Hall–Kier alpha value is -3.95. The van der Waals surface area contributed by atoms with Crippen molar-refractivity contribution in [3.63, 3.8) is 0 Å². The Morgan fingerprint density at radius 2 is 1.71 bits per heavy atom. The minimum Gasteiger partial charge on any atom is -0.494 e. The molecule has 1 atom stereocenters. The summed E-state index contributed by atoms with van der Waals surface area (Å²) in [6.45, 7) is 3.74. The highest BCUT2D eigenvalue weighted by Gasteiger charge is 2.18. The van der Waals surface area contributed by atoms with Crippen LogP contribution in [0.3, 0.4) is 0 Å². The third-order valence-corrected chi connectivity index (χ3v) is 4.19. The molecule has 0 spiro atoms. The maximum Gasteiger partial charge on any atom is 0.279 e. The average Bonchev–Trinajstić information content (AvgIpc) is 3.25. The standard InChI is InChI=1S/C21H23N3O7/c1-3-28-15-5-7-16(8-6-15)31-13(2)20(26)24-23-19(25)11-22-21(27)14-4-9-17-18(10-14)30-12-29-17/h4-10,13H,3,11-12H2,1-2H3,(H,22,27)(H,23,25)(H,24,26). The molecule has 31 heavy (non-hydrogen) atoms. The number of carbonyl (C=O) groups is 3. The van der Waals surface area contributed by atoms with Crippen LogP contribution >= 0.6 is 0 Å². The van der Waals surface area contributed by atoms with Gasteiger partial charge in [0.15, 0.2) is 17.6 Å². The second-order valence-corrected chi connectivity index (χ2v) is 6.45. The quantitative estimate of drug-likeness (QED) is 0.538. The Balaban J connectivity index is 1.39. The van der Waals surface area contributed by atoms with Gasteiger partial charge < -0.3 is 24.3 Å². The van der Waals surface area contributed by atoms with Gasteiger partial charge in [0.25, 0.3) is 17.7 Å². The van der Waals surface area contributed by atoms with E-state index in [1.807, 2.05) is 6.92 Å². The molecule has 0 radical (unpaired) electrons. The van der Waals surface area contributed by atoms with Gasteiger partial charge in [-0.05, 0) is 56.3 Å². The molecule has 0 aliphatic carbocycles. The van der Waals surface area contributed by atoms with E-state index in [4.69, 9.17) is 18.9 Å². The zero-order valence-corrected chi connectivity index (χ0v) is 17.1. The van der Waals surface area contributed by atoms with Gasteiger partial charge in [-0.2, -0.15) is 0 Å². The lowest BCUT2D eigenvalue weighted by Gasteiger charge is -2.15. The van der Waals surface area contributed by atoms with E-state index < -0.39 is 23.8 Å². The molecule has 2 aromatic carbocycles. The van der Waals surface area contributed by atoms with E-state index in [0.29, 0.717) is 35.2 Å². The van der Waals surface area contributed by atoms with E-state index in [1.165, 1.54) is 6.07 Å². The van der Waals surface area contributed by atoms with Gasteiger partial charge in [0.1, 0.15) is 11.5 Å². The summed E-state index contributed by atoms with van der Waals surface area (Å²) in [6.07, 6.45) is -0.860. The summed E-state index contributed by atoms with van der Waals surface area (Å²) in [7, 11) is 0. The second kappa shape index (κ2) is 10.2. The van der Waals surface area contributed by atoms with Crippen molar-refractivity contribution in [2.24, 2.45) is 0 Å². The molecule has 2 aromatic rings. The highest BCUT2D eigenvalue weighted by Crippen LogP contribution is 2.32. The fourth-order valence-corrected chi connectivity index (χ4v) is 2.62. The molecule has 1 aliphatic heterocycles. The van der Waals surface area contributed by atoms with Gasteiger partial charge in [0.05, 0.1) is 13.2 Å². The first-order chi connectivity index (χ1) is 15.0. The number of ether oxygens (including phenoxy) is 4. The van der Waals surface area contributed by atoms with Crippen molar-refractivity contribution in [2.75, 3.05) is 19.9 Å². The first kappa shape index (κ1) is 21.8. The highest BCUT2D eigenvalue weighted by atomic mass is 16.7. The topological polar surface area (TPSA) is 124 Å². The van der Waals surface area contributed by atoms with Crippen molar-refractivity contribution in [2.45, 2.75) is 20.0 Å². The number of carbonyl (C=O) groups excluding carboxylic acids is 3. The van der Waals surface area contributed by atoms with Gasteiger partial charge in [-0.1, -0.05) is 0 Å². The molecule has 1 aliphatic rings. The Bertz CT molecular complexity index is 946. The van der Waals surface area contributed by atoms with Gasteiger partial charge >= 0.3 is 0 Å². The van der Waals surface area contributed by atoms with Crippen LogP contribution in [0.2, 0.25) is 0 Å². The summed E-state index contributed by atoms with van der Waals surface area (Å²) in [4.78, 5) is 36.2. The molecular weight excluding hydrogens is 406 g/mol. The van der Waals surface area contributed by atoms with E-state index >= 15 is 0 Å². The third-order valence-electron chi connectivity index (χ3n) is 4.19. The first-order valence-electron chi connectivity index (χ1n) is 9.62. The second-order valence-electron chi connectivity index (χ2n) is 6.45. The normalized spacial score (nSPS) is 12.5. The van der Waals surface area contributed by atoms with Gasteiger partial charge in [0, 0.05) is 5.56 Å². The van der Waals surface area contributed by atoms with Crippen LogP contribution in [0, 0.1) is 0 Å². The maximum absolute atomic E-state index is 12.2. The molecule has 0 saturated heterocycles. The minimum absolute atomic E-state index is 0.100. The SMILES string of the molecule is CCOc1ccc(OC(C)C(=O)NNC(=O)CNC(=O)c2ccc3c(c2)OCO3)cc1. The molecular formula is C21H23N3O7. The molecule has 1 unspecified atom stereocenters. The summed E-state index contributed by atoms with van der Waals surface area (Å²) >= 11 is 0. The van der Waals surface area contributed by atoms with Gasteiger partial charge in [-0.15, -0.1) is 0 Å². The molecule has 0 saturated carbocycles. The van der Waals surface area contributed by atoms with Crippen molar-refractivity contribution in [3.05, 3.63) is 48.0 Å². The van der Waals surface area contributed by atoms with E-state index in [-0.39, 0.29) is 13.3 Å². The molecule has 1 heterocycles. The van der Waals surface area contributed by atoms with E-state index in [0.717, 1.165) is 0 Å². The van der Waals surface area contributed by atoms with E-state index in [2.05, 4.69) is 16.2 Å². The summed E-state index contributed by atoms with van der Waals surface area (Å²) in [5.74, 6) is 0.576. The molecule has 3 rings (SSSR count). The van der Waals surface area contributed by atoms with Crippen molar-refractivity contribution < 1.29 is 33.3 Å². The van der Waals surface area contributed by atoms with Crippen LogP contribution in [0.4, 0.5) is 0 Å². The van der Waals surface area contributed by atoms with E-state index in [9.17, 15) is 14.4 Å². The van der Waals surface area contributed by atoms with Crippen LogP contribution < -0.4 is 35.1 Å². The summed E-state index contributed by atoms with van der Waals surface area (Å²) in [5, 5.41) is 2.46. The molecule has 0 aromatic heterocycles. The van der Waals surface area contributed by atoms with Crippen LogP contribution in [0.1, 0.15) is 24.2 Å². The van der Waals surface area contributed by atoms with Gasteiger partial charge in [0.2, 0.25) is 6.79 Å². The number of hydrogen-bond acceptors (Lipinski definition) is 7. The Morgan fingerprint density at radius 1 is 1.00 bits per heavy atom. The van der Waals surface area contributed by atoms with Crippen LogP contribution in [0.5, 0.6) is 23.0 Å². The number of amides is 3. The number of rotatable bonds is 8. The molecule has 0 fully saturated rings. The van der Waals surface area contributed by atoms with Gasteiger partial charge in [-0.3, -0.25) is 25.2 Å². The Labute approximate surface area is 178 Å². The number of fused-ring (bicyclic) bond motifs is 1. The van der Waals surface area contributed by atoms with Crippen LogP contribution in [0.15, 0.2) is 42.5 Å². The van der Waals surface area contributed by atoms with Crippen LogP contribution in [0.25, 0.3) is 0 Å². The summed E-state index contributed by atoms with van der Waals surface area (Å²) < 4.78 is 21.3. The van der Waals surface area contributed by atoms with E-state index in [1.54, 1.807) is 43.3 Å². The molecule has 3 N–H and O–H groups in total. The monoisotopic (exact) mass is 429 g/mol. The predicted octanol–water partition coefficient (Wildman–Crippen LogP) is 1.16. The largest absolute Gasteiger partial charge is 0.494 e. The lowest BCUT2D eigenvalue weighted by atomic mass is 10.2. The Kier molecular flexibility index (Phi) is 7.15. The van der Waals surface area contributed by atoms with Crippen molar-refractivity contribution in [3.8, 4) is 23.0 Å². The molecule has 10 heteroatoms. The number of benzene rings is 2. The minimum atomic E-state index is -0.860. The lowest BCUT2D eigenvalue weighted by Crippen LogP contribution is -2.50. The molecule has 164 valence electrons. The fraction of sp³-hybridized carbons (Fsp3) is 0.286. The Morgan fingerprint density at radius 3 is 2.45 bits per heavy atom. The fourth-order valence-electron chi connectivity index (χ4n) is 2.62. The van der Waals surface area contributed by atoms with Crippen LogP contribution in [-0.2, 0) is 9.59 Å². The number of hydrogen-bond donors (Lipinski definition) is 3. The number of hydrazine groups is 1. The smallest absolute Gasteiger partial charge is 0.279 e. The average molecular weight is 429 g/mol. The first-order valence-corrected chi connectivity index (χ1v) is 9.62. The van der Waals surface area contributed by atoms with Crippen LogP contribution in [-0.4, -0.2) is 43.8 Å². The highest BCUT2D eigenvalue weighted by molar-refractivity contribution is 5.97. The lowest BCUT2D eigenvalue weighted by molar-refractivity contribution is -0.132. The van der Waals surface area contributed by atoms with Crippen molar-refractivity contribution in [1.29, 1.82) is 0 Å². The third kappa shape index (κ3) is 6.01. The number of nitrogens with one attached hydrogen (secondary N) is 3. The molecule has 0 bridgehead atoms. The summed E-state index contributed by atoms with van der Waals surface area (Å²) in [5.41, 5.74) is 4.80. The molecule has 3 amide bonds. The predicted molar refractivity (Wildman–Crippen MR) is 109 cm³/mol. The van der Waals surface area contributed by atoms with Crippen molar-refractivity contribution >= 4 is 17.7 Å². The van der Waals surface area contributed by atoms with Crippen molar-refractivity contribution in [1.82, 2.24) is 16.2 Å².